The van der Waals surface area contributed by atoms with Crippen LogP contribution >= 0.6 is 0 Å². The molecule has 0 aliphatic carbocycles. The predicted molar refractivity (Wildman–Crippen MR) is 28.4 cm³/mol. The summed E-state index contributed by atoms with van der Waals surface area (Å²) in [5.74, 6) is 0. The number of hydrogen-bond donors (Lipinski definition) is 0. The van der Waals surface area contributed by atoms with Gasteiger partial charge in [-0.15, -0.1) is 0 Å². The van der Waals surface area contributed by atoms with Gasteiger partial charge in [0.15, 0.2) is 0 Å². The Kier molecular flexibility index (Phi) is 1.04. The topological polar surface area (TPSA) is 52.6 Å². The van der Waals surface area contributed by atoms with E-state index in [4.69, 9.17) is 17.7 Å². The average molecular weight is 140 g/mol. The second-order valence-corrected chi connectivity index (χ2v) is 1.59. The minimum atomic E-state index is 0.227. The van der Waals surface area contributed by atoms with E-state index in [2.05, 4.69) is 0 Å². The van der Waals surface area contributed by atoms with Gasteiger partial charge in [0, 0.05) is 0 Å². The fourth-order valence-corrected chi connectivity index (χ4v) is 0.606. The molecule has 0 saturated heterocycles. The largest absolute Gasteiger partial charge is 0.425 e. The van der Waals surface area contributed by atoms with Crippen molar-refractivity contribution in [3.63, 3.8) is 0 Å². The smallest absolute Gasteiger partial charge is 0.375 e. The minimum absolute atomic E-state index is 0.227. The number of rotatable bonds is 0. The van der Waals surface area contributed by atoms with E-state index in [9.17, 15) is 0 Å². The van der Waals surface area contributed by atoms with Crippen LogP contribution in [0.2, 0.25) is 0 Å². The summed E-state index contributed by atoms with van der Waals surface area (Å²) >= 11 is 0. The quantitative estimate of drug-likeness (QED) is 0.560. The second kappa shape index (κ2) is 1.98. The van der Waals surface area contributed by atoms with Gasteiger partial charge in [-0.2, -0.15) is 0 Å². The average Bonchev–Trinajstić information content (AvgIpc) is 2.05. The first-order chi connectivity index (χ1) is 4.97. The third-order valence-corrected chi connectivity index (χ3v) is 0.978. The molecule has 0 aromatic rings. The van der Waals surface area contributed by atoms with Crippen LogP contribution in [0.1, 0.15) is 0 Å². The molecule has 0 aromatic heterocycles. The lowest BCUT2D eigenvalue weighted by molar-refractivity contribution is 0.218. The van der Waals surface area contributed by atoms with Gasteiger partial charge in [0.2, 0.25) is 0 Å². The van der Waals surface area contributed by atoms with Crippen molar-refractivity contribution in [2.45, 2.75) is 0 Å². The Morgan fingerprint density at radius 2 is 0.900 bits per heavy atom. The van der Waals surface area contributed by atoms with Crippen LogP contribution in [0.4, 0.5) is 0 Å². The van der Waals surface area contributed by atoms with Crippen molar-refractivity contribution in [2.75, 3.05) is 0 Å². The molecule has 0 amide bonds. The zero-order valence-electron chi connectivity index (χ0n) is 4.94. The van der Waals surface area contributed by atoms with Crippen molar-refractivity contribution in [3.05, 3.63) is 36.3 Å². The molecular formula is C6H4O4. The van der Waals surface area contributed by atoms with Gasteiger partial charge in [-0.1, -0.05) is 0 Å². The molecule has 2 rings (SSSR count). The highest BCUT2D eigenvalue weighted by Gasteiger charge is 1.91. The summed E-state index contributed by atoms with van der Waals surface area (Å²) in [6.07, 6.45) is 5.45. The van der Waals surface area contributed by atoms with E-state index in [1.54, 1.807) is 0 Å². The van der Waals surface area contributed by atoms with Crippen LogP contribution in [0.15, 0.2) is 42.7 Å². The normalized spacial score (nSPS) is 10.0. The second-order valence-electron chi connectivity index (χ2n) is 1.59. The van der Waals surface area contributed by atoms with Crippen LogP contribution in [0.5, 0.6) is 0 Å². The van der Waals surface area contributed by atoms with Gasteiger partial charge in [-0.05, 0) is 0 Å². The van der Waals surface area contributed by atoms with E-state index < -0.39 is 0 Å². The molecule has 2 heterocycles. The molecular weight excluding hydrogens is 136 g/mol. The maximum absolute atomic E-state index is 4.86. The van der Waals surface area contributed by atoms with E-state index in [-0.39, 0.29) is 11.2 Å². The maximum atomic E-state index is 4.86. The lowest BCUT2D eigenvalue weighted by Crippen LogP contribution is -1.71. The molecule has 0 N–H and O–H groups in total. The van der Waals surface area contributed by atoms with Crippen LogP contribution in [-0.2, 0) is 0 Å². The van der Waals surface area contributed by atoms with E-state index in [1.807, 2.05) is 0 Å². The fraction of sp³-hybridized carbons (Fsp3) is 0. The molecule has 4 nitrogen and oxygen atoms in total. The van der Waals surface area contributed by atoms with E-state index in [0.717, 1.165) is 0 Å². The summed E-state index contributed by atoms with van der Waals surface area (Å²) in [4.78, 5) is 0. The number of hydrogen-bond acceptors (Lipinski definition) is 4. The van der Waals surface area contributed by atoms with E-state index in [0.29, 0.717) is 0 Å². The van der Waals surface area contributed by atoms with Crippen molar-refractivity contribution >= 4 is 0 Å². The Balaban J connectivity index is 3.04. The highest BCUT2D eigenvalue weighted by Crippen LogP contribution is 1.97. The Morgan fingerprint density at radius 3 is 1.20 bits per heavy atom. The highest BCUT2D eigenvalue weighted by atomic mass is 16.5. The highest BCUT2D eigenvalue weighted by molar-refractivity contribution is 4.62. The molecule has 0 fully saturated rings. The van der Waals surface area contributed by atoms with Gasteiger partial charge in [-0.3, -0.25) is 0 Å². The Morgan fingerprint density at radius 1 is 0.600 bits per heavy atom. The van der Waals surface area contributed by atoms with Crippen LogP contribution in [0.25, 0.3) is 0 Å². The summed E-state index contributed by atoms with van der Waals surface area (Å²) in [6.45, 7) is 0. The molecule has 0 saturated carbocycles. The molecule has 0 bridgehead atoms. The summed E-state index contributed by atoms with van der Waals surface area (Å²) in [5, 5.41) is 0. The molecule has 0 aromatic carbocycles. The van der Waals surface area contributed by atoms with Gasteiger partial charge in [0.05, 0.1) is 0 Å². The van der Waals surface area contributed by atoms with Gasteiger partial charge < -0.3 is 17.7 Å². The van der Waals surface area contributed by atoms with Crippen LogP contribution in [-0.4, -0.2) is 0 Å². The molecule has 0 unspecified atom stereocenters. The molecule has 0 spiro atoms. The van der Waals surface area contributed by atoms with Crippen molar-refractivity contribution in [2.24, 2.45) is 0 Å². The Hall–Kier alpha value is -1.58. The fourth-order valence-electron chi connectivity index (χ4n) is 0.606. The van der Waals surface area contributed by atoms with Crippen LogP contribution in [0, 0.1) is 11.2 Å². The van der Waals surface area contributed by atoms with E-state index >= 15 is 0 Å². The van der Waals surface area contributed by atoms with E-state index in [1.165, 1.54) is 25.1 Å². The zero-order valence-corrected chi connectivity index (χ0v) is 4.94. The Labute approximate surface area is 55.0 Å². The SMILES string of the molecule is c1coc2occoc=2o1. The molecule has 2 aliphatic rings. The predicted octanol–water partition coefficient (Wildman–Crippen LogP) is 1.91. The monoisotopic (exact) mass is 140 g/mol. The van der Waals surface area contributed by atoms with Crippen molar-refractivity contribution in [3.8, 4) is 0 Å². The molecule has 52 valence electrons. The summed E-state index contributed by atoms with van der Waals surface area (Å²) in [7, 11) is 0. The summed E-state index contributed by atoms with van der Waals surface area (Å²) in [5.41, 5.74) is 0.454. The van der Waals surface area contributed by atoms with Gasteiger partial charge >= 0.3 is 11.2 Å². The molecule has 0 radical (unpaired) electrons. The van der Waals surface area contributed by atoms with Gasteiger partial charge in [-0.25, -0.2) is 0 Å². The third-order valence-electron chi connectivity index (χ3n) is 0.978. The minimum Gasteiger partial charge on any atom is -0.425 e. The van der Waals surface area contributed by atoms with Gasteiger partial charge in [0.1, 0.15) is 25.1 Å². The first-order valence-electron chi connectivity index (χ1n) is 2.68. The summed E-state index contributed by atoms with van der Waals surface area (Å²) in [6, 6.07) is 0. The standard InChI is InChI=1S/C6H4O4/c1-2-8-6-5(7-1)9-3-4-10-6/h1-4H. The lowest BCUT2D eigenvalue weighted by atomic mass is 10.9. The molecule has 0 atom stereocenters. The summed E-state index contributed by atoms with van der Waals surface area (Å²) < 4.78 is 19.4. The van der Waals surface area contributed by atoms with Crippen LogP contribution in [0.3, 0.4) is 0 Å². The lowest BCUT2D eigenvalue weighted by Gasteiger charge is -1.86. The zero-order chi connectivity index (χ0) is 6.81. The Bertz CT molecular complexity index is 314. The molecule has 2 aliphatic heterocycles. The van der Waals surface area contributed by atoms with Gasteiger partial charge in [0.25, 0.3) is 0 Å². The van der Waals surface area contributed by atoms with Crippen molar-refractivity contribution < 1.29 is 17.7 Å². The van der Waals surface area contributed by atoms with Crippen LogP contribution < -0.4 is 0 Å². The molecule has 10 heavy (non-hydrogen) atoms. The molecule has 4 heteroatoms. The third kappa shape index (κ3) is 0.699. The van der Waals surface area contributed by atoms with Crippen molar-refractivity contribution in [1.29, 1.82) is 0 Å². The first-order valence-corrected chi connectivity index (χ1v) is 2.68. The first kappa shape index (κ1) is 5.22. The maximum Gasteiger partial charge on any atom is 0.375 e. The van der Waals surface area contributed by atoms with Crippen molar-refractivity contribution in [1.82, 2.24) is 0 Å².